The SMILES string of the molecule is C=CCC(C)(O)[C@H]1CC[C@H]2[C@@H]3[C@@H](C)C[C@H]4NC(=O)CC[C@]4(C)[C@H]3CC[C@]12C. The first-order valence-electron chi connectivity index (χ1n) is 11.3. The number of carbonyl (C=O) groups excluding carboxylic acids is 1. The second-order valence-corrected chi connectivity index (χ2v) is 11.2. The molecule has 2 N–H and O–H groups in total. The summed E-state index contributed by atoms with van der Waals surface area (Å²) in [4.78, 5) is 12.0. The molecule has 3 saturated carbocycles. The highest BCUT2D eigenvalue weighted by atomic mass is 16.3. The molecule has 4 rings (SSSR count). The van der Waals surface area contributed by atoms with Crippen molar-refractivity contribution in [3.8, 4) is 0 Å². The van der Waals surface area contributed by atoms with E-state index >= 15 is 0 Å². The Hall–Kier alpha value is -0.830. The Morgan fingerprint density at radius 3 is 2.63 bits per heavy atom. The van der Waals surface area contributed by atoms with Gasteiger partial charge in [-0.05, 0) is 92.3 Å². The van der Waals surface area contributed by atoms with E-state index in [4.69, 9.17) is 0 Å². The van der Waals surface area contributed by atoms with Crippen molar-refractivity contribution in [3.05, 3.63) is 12.7 Å². The van der Waals surface area contributed by atoms with Gasteiger partial charge in [0.1, 0.15) is 0 Å². The van der Waals surface area contributed by atoms with E-state index in [2.05, 4.69) is 32.7 Å². The average molecular weight is 374 g/mol. The summed E-state index contributed by atoms with van der Waals surface area (Å²) in [5.74, 6) is 3.45. The Bertz CT molecular complexity index is 628. The van der Waals surface area contributed by atoms with Gasteiger partial charge in [-0.15, -0.1) is 6.58 Å². The third-order valence-corrected chi connectivity index (χ3v) is 9.77. The molecule has 3 heteroatoms. The number of carbonyl (C=O) groups is 1. The molecule has 3 aliphatic carbocycles. The normalized spacial score (nSPS) is 51.4. The van der Waals surface area contributed by atoms with E-state index in [1.54, 1.807) is 0 Å². The number of aliphatic hydroxyl groups is 1. The van der Waals surface area contributed by atoms with Crippen molar-refractivity contribution in [3.63, 3.8) is 0 Å². The van der Waals surface area contributed by atoms with Crippen LogP contribution in [0.2, 0.25) is 0 Å². The monoisotopic (exact) mass is 373 g/mol. The molecule has 0 spiro atoms. The highest BCUT2D eigenvalue weighted by Gasteiger charge is 2.63. The van der Waals surface area contributed by atoms with Gasteiger partial charge in [-0.1, -0.05) is 26.8 Å². The summed E-state index contributed by atoms with van der Waals surface area (Å²) in [5.41, 5.74) is -0.140. The van der Waals surface area contributed by atoms with Crippen LogP contribution >= 0.6 is 0 Å². The maximum Gasteiger partial charge on any atom is 0.220 e. The lowest BCUT2D eigenvalue weighted by molar-refractivity contribution is -0.151. The minimum atomic E-state index is -0.638. The number of nitrogens with one attached hydrogen (secondary N) is 1. The van der Waals surface area contributed by atoms with E-state index < -0.39 is 5.60 Å². The Morgan fingerprint density at radius 2 is 1.93 bits per heavy atom. The number of rotatable bonds is 3. The zero-order chi connectivity index (χ0) is 19.6. The lowest BCUT2D eigenvalue weighted by Gasteiger charge is -2.62. The van der Waals surface area contributed by atoms with Crippen LogP contribution in [0.25, 0.3) is 0 Å². The van der Waals surface area contributed by atoms with Crippen molar-refractivity contribution in [2.75, 3.05) is 0 Å². The fourth-order valence-electron chi connectivity index (χ4n) is 8.50. The molecule has 27 heavy (non-hydrogen) atoms. The van der Waals surface area contributed by atoms with Gasteiger partial charge in [0.2, 0.25) is 5.91 Å². The van der Waals surface area contributed by atoms with Gasteiger partial charge in [0.05, 0.1) is 5.60 Å². The van der Waals surface area contributed by atoms with Crippen LogP contribution in [0.5, 0.6) is 0 Å². The predicted molar refractivity (Wildman–Crippen MR) is 109 cm³/mol. The molecule has 152 valence electrons. The molecule has 0 aromatic rings. The third kappa shape index (κ3) is 2.74. The molecule has 1 saturated heterocycles. The van der Waals surface area contributed by atoms with Gasteiger partial charge >= 0.3 is 0 Å². The predicted octanol–water partition coefficient (Wildman–Crippen LogP) is 4.70. The first-order valence-corrected chi connectivity index (χ1v) is 11.3. The summed E-state index contributed by atoms with van der Waals surface area (Å²) in [6, 6.07) is 0.362. The second kappa shape index (κ2) is 6.34. The molecule has 0 bridgehead atoms. The topological polar surface area (TPSA) is 49.3 Å². The maximum absolute atomic E-state index is 12.0. The van der Waals surface area contributed by atoms with E-state index in [0.717, 1.165) is 25.2 Å². The Balaban J connectivity index is 1.65. The van der Waals surface area contributed by atoms with Gasteiger partial charge in [0, 0.05) is 12.5 Å². The van der Waals surface area contributed by atoms with Crippen molar-refractivity contribution in [2.45, 2.75) is 90.7 Å². The summed E-state index contributed by atoms with van der Waals surface area (Å²) in [6.45, 7) is 13.3. The second-order valence-electron chi connectivity index (χ2n) is 11.2. The van der Waals surface area contributed by atoms with E-state index in [9.17, 15) is 9.90 Å². The average Bonchev–Trinajstić information content (AvgIpc) is 2.94. The smallest absolute Gasteiger partial charge is 0.220 e. The minimum Gasteiger partial charge on any atom is -0.390 e. The van der Waals surface area contributed by atoms with Gasteiger partial charge in [0.25, 0.3) is 0 Å². The first kappa shape index (κ1) is 19.5. The van der Waals surface area contributed by atoms with Gasteiger partial charge < -0.3 is 10.4 Å². The fraction of sp³-hybridized carbons (Fsp3) is 0.875. The number of hydrogen-bond acceptors (Lipinski definition) is 2. The Morgan fingerprint density at radius 1 is 1.22 bits per heavy atom. The van der Waals surface area contributed by atoms with Crippen LogP contribution in [0.4, 0.5) is 0 Å². The van der Waals surface area contributed by atoms with Crippen LogP contribution in [-0.2, 0) is 4.79 Å². The maximum atomic E-state index is 12.0. The summed E-state index contributed by atoms with van der Waals surface area (Å²) < 4.78 is 0. The molecule has 0 radical (unpaired) electrons. The van der Waals surface area contributed by atoms with Crippen LogP contribution in [0.15, 0.2) is 12.7 Å². The minimum absolute atomic E-state index is 0.239. The van der Waals surface area contributed by atoms with E-state index in [1.165, 1.54) is 19.3 Å². The molecular formula is C24H39NO2. The van der Waals surface area contributed by atoms with E-state index in [-0.39, 0.29) is 16.7 Å². The number of fused-ring (bicyclic) bond motifs is 5. The molecule has 4 fully saturated rings. The van der Waals surface area contributed by atoms with Gasteiger partial charge in [-0.3, -0.25) is 4.79 Å². The Kier molecular flexibility index (Phi) is 4.57. The molecule has 1 amide bonds. The summed E-state index contributed by atoms with van der Waals surface area (Å²) >= 11 is 0. The van der Waals surface area contributed by atoms with Crippen molar-refractivity contribution in [1.82, 2.24) is 5.32 Å². The highest BCUT2D eigenvalue weighted by molar-refractivity contribution is 5.77. The summed E-state index contributed by atoms with van der Waals surface area (Å²) in [7, 11) is 0. The molecular weight excluding hydrogens is 334 g/mol. The first-order chi connectivity index (χ1) is 12.6. The number of amides is 1. The van der Waals surface area contributed by atoms with Crippen molar-refractivity contribution in [2.24, 2.45) is 40.4 Å². The highest BCUT2D eigenvalue weighted by Crippen LogP contribution is 2.68. The Labute approximate surface area is 165 Å². The van der Waals surface area contributed by atoms with Crippen LogP contribution in [0.3, 0.4) is 0 Å². The summed E-state index contributed by atoms with van der Waals surface area (Å²) in [5, 5.41) is 14.6. The van der Waals surface area contributed by atoms with E-state index in [1.807, 2.05) is 13.0 Å². The fourth-order valence-corrected chi connectivity index (χ4v) is 8.50. The molecule has 1 heterocycles. The van der Waals surface area contributed by atoms with Gasteiger partial charge in [0.15, 0.2) is 0 Å². The van der Waals surface area contributed by atoms with Crippen molar-refractivity contribution >= 4 is 5.91 Å². The standard InChI is InChI=1S/C24H39NO2/c1-6-11-24(5,27)18-8-7-16-21-15(2)14-19-23(4,13-10-20(26)25-19)17(21)9-12-22(16,18)3/h6,15-19,21,27H,1,7-14H2,2-5H3,(H,25,26)/t15-,16-,17-,18-,19+,21-,22-,23+,24?/m0/s1. The molecule has 1 aliphatic heterocycles. The molecule has 0 aromatic heterocycles. The van der Waals surface area contributed by atoms with Gasteiger partial charge in [-0.2, -0.15) is 0 Å². The van der Waals surface area contributed by atoms with E-state index in [0.29, 0.717) is 42.6 Å². The lowest BCUT2D eigenvalue weighted by Crippen LogP contribution is -2.63. The van der Waals surface area contributed by atoms with Crippen LogP contribution in [0.1, 0.15) is 79.1 Å². The molecule has 0 aromatic carbocycles. The zero-order valence-corrected chi connectivity index (χ0v) is 17.8. The molecule has 4 aliphatic rings. The number of hydrogen-bond donors (Lipinski definition) is 2. The molecule has 3 nitrogen and oxygen atoms in total. The zero-order valence-electron chi connectivity index (χ0n) is 17.8. The largest absolute Gasteiger partial charge is 0.390 e. The van der Waals surface area contributed by atoms with Crippen LogP contribution in [0, 0.1) is 40.4 Å². The third-order valence-electron chi connectivity index (χ3n) is 9.77. The van der Waals surface area contributed by atoms with Crippen molar-refractivity contribution < 1.29 is 9.90 Å². The quantitative estimate of drug-likeness (QED) is 0.705. The number of piperidine rings is 1. The van der Waals surface area contributed by atoms with Gasteiger partial charge in [-0.25, -0.2) is 0 Å². The van der Waals surface area contributed by atoms with Crippen molar-refractivity contribution in [1.29, 1.82) is 0 Å². The molecule has 1 unspecified atom stereocenters. The summed E-state index contributed by atoms with van der Waals surface area (Å²) in [6.07, 6.45) is 10.3. The van der Waals surface area contributed by atoms with Crippen LogP contribution in [-0.4, -0.2) is 22.7 Å². The molecule has 9 atom stereocenters. The lowest BCUT2D eigenvalue weighted by atomic mass is 9.44. The van der Waals surface area contributed by atoms with Crippen LogP contribution < -0.4 is 5.32 Å².